The molecule has 132 valence electrons. The summed E-state index contributed by atoms with van der Waals surface area (Å²) in [6.07, 6.45) is 1.00. The van der Waals surface area contributed by atoms with Crippen molar-refractivity contribution in [2.24, 2.45) is 0 Å². The number of rotatable bonds is 4. The molecule has 1 amide bonds. The van der Waals surface area contributed by atoms with Crippen LogP contribution in [0.5, 0.6) is 0 Å². The number of anilines is 1. The van der Waals surface area contributed by atoms with Crippen molar-refractivity contribution in [3.8, 4) is 0 Å². The molecule has 0 saturated carbocycles. The fourth-order valence-electron chi connectivity index (χ4n) is 2.36. The summed E-state index contributed by atoms with van der Waals surface area (Å²) in [5, 5.41) is 2.53. The number of halogens is 2. The normalized spacial score (nSPS) is 10.5. The van der Waals surface area contributed by atoms with Crippen LogP contribution in [-0.2, 0) is 6.54 Å². The molecular formula is C18H13F2N3O3. The highest BCUT2D eigenvalue weighted by Crippen LogP contribution is 2.10. The molecule has 0 aliphatic rings. The minimum atomic E-state index is -0.893. The molecule has 0 spiro atoms. The molecule has 1 aromatic heterocycles. The molecule has 0 atom stereocenters. The lowest BCUT2D eigenvalue weighted by molar-refractivity contribution is 0.102. The van der Waals surface area contributed by atoms with E-state index in [4.69, 9.17) is 0 Å². The zero-order valence-electron chi connectivity index (χ0n) is 13.3. The maximum atomic E-state index is 13.8. The number of nitrogens with one attached hydrogen (secondary N) is 2. The van der Waals surface area contributed by atoms with Crippen LogP contribution in [0.15, 0.2) is 64.3 Å². The summed E-state index contributed by atoms with van der Waals surface area (Å²) >= 11 is 0. The van der Waals surface area contributed by atoms with Crippen molar-refractivity contribution in [3.63, 3.8) is 0 Å². The van der Waals surface area contributed by atoms with Crippen molar-refractivity contribution in [2.45, 2.75) is 6.54 Å². The number of amides is 1. The van der Waals surface area contributed by atoms with E-state index in [1.807, 2.05) is 0 Å². The summed E-state index contributed by atoms with van der Waals surface area (Å²) in [6, 6.07) is 11.2. The Kier molecular flexibility index (Phi) is 4.74. The Hall–Kier alpha value is -3.55. The summed E-state index contributed by atoms with van der Waals surface area (Å²) in [4.78, 5) is 39.0. The zero-order valence-corrected chi connectivity index (χ0v) is 13.3. The average molecular weight is 357 g/mol. The predicted octanol–water partition coefficient (Wildman–Crippen LogP) is 2.12. The SMILES string of the molecule is O=C(Nc1ccccc1)c1c[nH]c(=O)n(Cc2ccc(F)cc2F)c1=O. The van der Waals surface area contributed by atoms with Crippen molar-refractivity contribution in [2.75, 3.05) is 5.32 Å². The van der Waals surface area contributed by atoms with Crippen molar-refractivity contribution in [3.05, 3.63) is 98.3 Å². The summed E-state index contributed by atoms with van der Waals surface area (Å²) < 4.78 is 27.5. The van der Waals surface area contributed by atoms with E-state index in [0.717, 1.165) is 18.3 Å². The van der Waals surface area contributed by atoms with Crippen LogP contribution in [-0.4, -0.2) is 15.5 Å². The van der Waals surface area contributed by atoms with Gasteiger partial charge in [0.2, 0.25) is 0 Å². The third-order valence-corrected chi connectivity index (χ3v) is 3.68. The van der Waals surface area contributed by atoms with Gasteiger partial charge in [0.15, 0.2) is 0 Å². The van der Waals surface area contributed by atoms with Crippen molar-refractivity contribution in [1.29, 1.82) is 0 Å². The molecule has 2 N–H and O–H groups in total. The van der Waals surface area contributed by atoms with E-state index >= 15 is 0 Å². The summed E-state index contributed by atoms with van der Waals surface area (Å²) in [5.41, 5.74) is -1.59. The van der Waals surface area contributed by atoms with Gasteiger partial charge in [0.25, 0.3) is 11.5 Å². The molecule has 6 nitrogen and oxygen atoms in total. The molecule has 0 fully saturated rings. The van der Waals surface area contributed by atoms with E-state index < -0.39 is 35.3 Å². The maximum absolute atomic E-state index is 13.8. The maximum Gasteiger partial charge on any atom is 0.328 e. The lowest BCUT2D eigenvalue weighted by Gasteiger charge is -2.09. The molecule has 1 heterocycles. The molecule has 8 heteroatoms. The Morgan fingerprint density at radius 2 is 1.81 bits per heavy atom. The molecule has 0 saturated heterocycles. The highest BCUT2D eigenvalue weighted by atomic mass is 19.1. The summed E-state index contributed by atoms with van der Waals surface area (Å²) in [7, 11) is 0. The first-order chi connectivity index (χ1) is 12.5. The van der Waals surface area contributed by atoms with Crippen LogP contribution in [0.4, 0.5) is 14.5 Å². The summed E-state index contributed by atoms with van der Waals surface area (Å²) in [6.45, 7) is -0.438. The van der Waals surface area contributed by atoms with Gasteiger partial charge in [-0.1, -0.05) is 24.3 Å². The second-order valence-corrected chi connectivity index (χ2v) is 5.45. The molecule has 0 bridgehead atoms. The molecule has 26 heavy (non-hydrogen) atoms. The fourth-order valence-corrected chi connectivity index (χ4v) is 2.36. The second-order valence-electron chi connectivity index (χ2n) is 5.45. The largest absolute Gasteiger partial charge is 0.328 e. The number of aromatic amines is 1. The third-order valence-electron chi connectivity index (χ3n) is 3.68. The number of nitrogens with zero attached hydrogens (tertiary/aromatic N) is 1. The first kappa shape index (κ1) is 17.3. The highest BCUT2D eigenvalue weighted by Gasteiger charge is 2.16. The number of carbonyl (C=O) groups excluding carboxylic acids is 1. The highest BCUT2D eigenvalue weighted by molar-refractivity contribution is 6.03. The van der Waals surface area contributed by atoms with Crippen molar-refractivity contribution >= 4 is 11.6 Å². The second kappa shape index (κ2) is 7.14. The van der Waals surface area contributed by atoms with Gasteiger partial charge < -0.3 is 10.3 Å². The minimum absolute atomic E-state index is 0.0559. The van der Waals surface area contributed by atoms with E-state index in [9.17, 15) is 23.2 Å². The predicted molar refractivity (Wildman–Crippen MR) is 91.2 cm³/mol. The van der Waals surface area contributed by atoms with Crippen LogP contribution in [0.25, 0.3) is 0 Å². The molecule has 3 aromatic rings. The number of hydrogen-bond donors (Lipinski definition) is 2. The van der Waals surface area contributed by atoms with Gasteiger partial charge in [0, 0.05) is 23.5 Å². The van der Waals surface area contributed by atoms with Crippen molar-refractivity contribution < 1.29 is 13.6 Å². The van der Waals surface area contributed by atoms with Crippen LogP contribution >= 0.6 is 0 Å². The quantitative estimate of drug-likeness (QED) is 0.750. The standard InChI is InChI=1S/C18H13F2N3O3/c19-12-7-6-11(15(20)8-12)10-23-17(25)14(9-21-18(23)26)16(24)22-13-4-2-1-3-5-13/h1-9H,10H2,(H,21,26)(H,22,24). The van der Waals surface area contributed by atoms with E-state index in [1.165, 1.54) is 0 Å². The van der Waals surface area contributed by atoms with E-state index in [-0.39, 0.29) is 11.1 Å². The van der Waals surface area contributed by atoms with Crippen molar-refractivity contribution in [1.82, 2.24) is 9.55 Å². The molecular weight excluding hydrogens is 344 g/mol. The number of H-pyrrole nitrogens is 1. The smallest absolute Gasteiger partial charge is 0.322 e. The average Bonchev–Trinajstić information content (AvgIpc) is 2.61. The molecule has 2 aromatic carbocycles. The van der Waals surface area contributed by atoms with E-state index in [1.54, 1.807) is 30.3 Å². The van der Waals surface area contributed by atoms with Gasteiger partial charge in [-0.05, 0) is 18.2 Å². The van der Waals surface area contributed by atoms with Gasteiger partial charge >= 0.3 is 5.69 Å². The number of carbonyl (C=O) groups is 1. The topological polar surface area (TPSA) is 84.0 Å². The fraction of sp³-hybridized carbons (Fsp3) is 0.0556. The Bertz CT molecular complexity index is 1080. The lowest BCUT2D eigenvalue weighted by atomic mass is 10.2. The number of benzene rings is 2. The number of aromatic nitrogens is 2. The Balaban J connectivity index is 1.95. The Labute approximate surface area is 145 Å². The minimum Gasteiger partial charge on any atom is -0.322 e. The van der Waals surface area contributed by atoms with Gasteiger partial charge in [-0.3, -0.25) is 14.2 Å². The molecule has 3 rings (SSSR count). The zero-order chi connectivity index (χ0) is 18.7. The van der Waals surface area contributed by atoms with Gasteiger partial charge in [-0.25, -0.2) is 13.6 Å². The van der Waals surface area contributed by atoms with Gasteiger partial charge in [-0.2, -0.15) is 0 Å². The van der Waals surface area contributed by atoms with Crippen LogP contribution in [0.2, 0.25) is 0 Å². The van der Waals surface area contributed by atoms with E-state index in [2.05, 4.69) is 10.3 Å². The monoisotopic (exact) mass is 357 g/mol. The Morgan fingerprint density at radius 3 is 2.50 bits per heavy atom. The van der Waals surface area contributed by atoms with E-state index in [0.29, 0.717) is 16.3 Å². The molecule has 0 radical (unpaired) electrons. The first-order valence-electron chi connectivity index (χ1n) is 7.58. The van der Waals surface area contributed by atoms with Gasteiger partial charge in [0.1, 0.15) is 17.2 Å². The van der Waals surface area contributed by atoms with Gasteiger partial charge in [-0.15, -0.1) is 0 Å². The first-order valence-corrected chi connectivity index (χ1v) is 7.58. The summed E-state index contributed by atoms with van der Waals surface area (Å²) in [5.74, 6) is -2.38. The molecule has 0 unspecified atom stereocenters. The van der Waals surface area contributed by atoms with Crippen LogP contribution in [0.3, 0.4) is 0 Å². The van der Waals surface area contributed by atoms with Gasteiger partial charge in [0.05, 0.1) is 6.54 Å². The Morgan fingerprint density at radius 1 is 1.08 bits per heavy atom. The molecule has 0 aliphatic heterocycles. The van der Waals surface area contributed by atoms with Crippen LogP contribution in [0, 0.1) is 11.6 Å². The van der Waals surface area contributed by atoms with Crippen LogP contribution < -0.4 is 16.6 Å². The number of hydrogen-bond acceptors (Lipinski definition) is 3. The number of para-hydroxylation sites is 1. The lowest BCUT2D eigenvalue weighted by Crippen LogP contribution is -2.39. The van der Waals surface area contributed by atoms with Crippen LogP contribution in [0.1, 0.15) is 15.9 Å². The molecule has 0 aliphatic carbocycles. The third kappa shape index (κ3) is 3.59.